The maximum atomic E-state index is 13.3. The van der Waals surface area contributed by atoms with Gasteiger partial charge in [-0.15, -0.1) is 0 Å². The highest BCUT2D eigenvalue weighted by molar-refractivity contribution is 6.07. The van der Waals surface area contributed by atoms with E-state index < -0.39 is 0 Å². The van der Waals surface area contributed by atoms with E-state index in [1.807, 2.05) is 38.1 Å². The lowest BCUT2D eigenvalue weighted by Crippen LogP contribution is -2.18. The summed E-state index contributed by atoms with van der Waals surface area (Å²) in [5.74, 6) is -0.654. The number of benzene rings is 3. The summed E-state index contributed by atoms with van der Waals surface area (Å²) in [4.78, 5) is 17.6. The van der Waals surface area contributed by atoms with E-state index in [1.54, 1.807) is 24.4 Å². The Balaban J connectivity index is 1.68. The lowest BCUT2D eigenvalue weighted by atomic mass is 10.0. The average Bonchev–Trinajstić information content (AvgIpc) is 2.75. The van der Waals surface area contributed by atoms with Gasteiger partial charge in [0, 0.05) is 16.5 Å². The molecule has 0 aliphatic rings. The Bertz CT molecular complexity index is 1290. The van der Waals surface area contributed by atoms with Gasteiger partial charge in [-0.25, -0.2) is 14.8 Å². The van der Waals surface area contributed by atoms with E-state index in [1.165, 1.54) is 17.7 Å². The molecule has 4 nitrogen and oxygen atoms in total. The summed E-state index contributed by atoms with van der Waals surface area (Å²) in [5, 5.41) is 4.92. The van der Waals surface area contributed by atoms with Gasteiger partial charge < -0.3 is 0 Å². The molecule has 0 atom stereocenters. The SMILES string of the molecule is Cc1cc(C)c(C=NNC(=O)c2cc(-c3ccc(F)cc3)nc3ccccc23)c(C)c1. The van der Waals surface area contributed by atoms with Gasteiger partial charge >= 0.3 is 0 Å². The number of fused-ring (bicyclic) bond motifs is 1. The Kier molecular flexibility index (Phi) is 5.58. The Morgan fingerprint density at radius 1 is 0.968 bits per heavy atom. The molecule has 1 N–H and O–H groups in total. The van der Waals surface area contributed by atoms with Crippen LogP contribution in [0.1, 0.15) is 32.6 Å². The first-order valence-electron chi connectivity index (χ1n) is 9.99. The number of aromatic nitrogens is 1. The van der Waals surface area contributed by atoms with Gasteiger partial charge in [0.25, 0.3) is 5.91 Å². The van der Waals surface area contributed by atoms with Crippen molar-refractivity contribution in [3.05, 3.63) is 100 Å². The number of halogens is 1. The summed E-state index contributed by atoms with van der Waals surface area (Å²) >= 11 is 0. The second kappa shape index (κ2) is 8.48. The van der Waals surface area contributed by atoms with Crippen molar-refractivity contribution in [2.24, 2.45) is 5.10 Å². The maximum absolute atomic E-state index is 13.3. The summed E-state index contributed by atoms with van der Waals surface area (Å²) in [5.41, 5.74) is 9.48. The molecule has 1 aromatic heterocycles. The Morgan fingerprint density at radius 2 is 1.65 bits per heavy atom. The molecular weight excluding hydrogens is 389 g/mol. The molecule has 0 spiro atoms. The van der Waals surface area contributed by atoms with Gasteiger partial charge in [-0.2, -0.15) is 5.10 Å². The molecule has 0 fully saturated rings. The highest BCUT2D eigenvalue weighted by atomic mass is 19.1. The van der Waals surface area contributed by atoms with Crippen LogP contribution < -0.4 is 5.43 Å². The molecule has 4 aromatic rings. The van der Waals surface area contributed by atoms with Gasteiger partial charge in [-0.3, -0.25) is 4.79 Å². The molecule has 3 aromatic carbocycles. The Hall–Kier alpha value is -3.86. The number of para-hydroxylation sites is 1. The zero-order valence-corrected chi connectivity index (χ0v) is 17.6. The molecule has 0 radical (unpaired) electrons. The number of pyridine rings is 1. The van der Waals surface area contributed by atoms with Crippen LogP contribution in [0, 0.1) is 26.6 Å². The molecule has 0 saturated heterocycles. The van der Waals surface area contributed by atoms with E-state index in [4.69, 9.17) is 0 Å². The number of aryl methyl sites for hydroxylation is 3. The van der Waals surface area contributed by atoms with Crippen LogP contribution in [0.5, 0.6) is 0 Å². The van der Waals surface area contributed by atoms with Gasteiger partial charge in [0.2, 0.25) is 0 Å². The number of rotatable bonds is 4. The van der Waals surface area contributed by atoms with Crippen molar-refractivity contribution in [1.29, 1.82) is 0 Å². The molecule has 154 valence electrons. The number of hydrogen-bond acceptors (Lipinski definition) is 3. The highest BCUT2D eigenvalue weighted by Gasteiger charge is 2.14. The predicted molar refractivity (Wildman–Crippen MR) is 123 cm³/mol. The van der Waals surface area contributed by atoms with E-state index >= 15 is 0 Å². The molecule has 0 aliphatic carbocycles. The van der Waals surface area contributed by atoms with Crippen molar-refractivity contribution in [2.45, 2.75) is 20.8 Å². The zero-order valence-electron chi connectivity index (χ0n) is 17.6. The zero-order chi connectivity index (χ0) is 22.0. The summed E-state index contributed by atoms with van der Waals surface area (Å²) in [6.45, 7) is 6.10. The minimum Gasteiger partial charge on any atom is -0.267 e. The third-order valence-electron chi connectivity index (χ3n) is 5.20. The van der Waals surface area contributed by atoms with E-state index in [0.29, 0.717) is 16.8 Å². The smallest absolute Gasteiger partial charge is 0.267 e. The number of carbonyl (C=O) groups excluding carboxylic acids is 1. The van der Waals surface area contributed by atoms with Gasteiger partial charge in [0.1, 0.15) is 5.82 Å². The van der Waals surface area contributed by atoms with Gasteiger partial charge in [0.05, 0.1) is 23.0 Å². The molecule has 1 heterocycles. The number of carbonyl (C=O) groups is 1. The summed E-state index contributed by atoms with van der Waals surface area (Å²) < 4.78 is 13.3. The second-order valence-corrected chi connectivity index (χ2v) is 7.59. The normalized spacial score (nSPS) is 11.2. The molecule has 1 amide bonds. The van der Waals surface area contributed by atoms with Crippen LogP contribution in [0.4, 0.5) is 4.39 Å². The minimum absolute atomic E-state index is 0.321. The molecule has 0 aliphatic heterocycles. The molecule has 0 unspecified atom stereocenters. The number of hydrogen-bond donors (Lipinski definition) is 1. The third kappa shape index (κ3) is 4.36. The van der Waals surface area contributed by atoms with E-state index in [0.717, 1.165) is 27.6 Å². The number of nitrogens with zero attached hydrogens (tertiary/aromatic N) is 2. The second-order valence-electron chi connectivity index (χ2n) is 7.59. The van der Waals surface area contributed by atoms with Crippen LogP contribution in [0.15, 0.2) is 71.8 Å². The summed E-state index contributed by atoms with van der Waals surface area (Å²) in [7, 11) is 0. The van der Waals surface area contributed by atoms with Crippen molar-refractivity contribution in [3.8, 4) is 11.3 Å². The quantitative estimate of drug-likeness (QED) is 0.344. The number of amides is 1. The first-order valence-corrected chi connectivity index (χ1v) is 9.99. The van der Waals surface area contributed by atoms with Crippen LogP contribution in [0.2, 0.25) is 0 Å². The fourth-order valence-electron chi connectivity index (χ4n) is 3.74. The molecule has 5 heteroatoms. The van der Waals surface area contributed by atoms with Crippen molar-refractivity contribution in [3.63, 3.8) is 0 Å². The molecular formula is C26H22FN3O. The van der Waals surface area contributed by atoms with Crippen molar-refractivity contribution >= 4 is 23.0 Å². The maximum Gasteiger partial charge on any atom is 0.272 e. The Labute approximate surface area is 180 Å². The highest BCUT2D eigenvalue weighted by Crippen LogP contribution is 2.25. The van der Waals surface area contributed by atoms with Crippen molar-refractivity contribution in [2.75, 3.05) is 0 Å². The molecule has 4 rings (SSSR count). The monoisotopic (exact) mass is 411 g/mol. The first-order chi connectivity index (χ1) is 14.9. The molecule has 31 heavy (non-hydrogen) atoms. The number of hydrazone groups is 1. The van der Waals surface area contributed by atoms with Crippen LogP contribution in [-0.4, -0.2) is 17.1 Å². The fraction of sp³-hybridized carbons (Fsp3) is 0.115. The van der Waals surface area contributed by atoms with Crippen LogP contribution in [0.3, 0.4) is 0 Å². The standard InChI is InChI=1S/C26H22FN3O/c1-16-12-17(2)23(18(3)13-16)15-28-30-26(31)22-14-25(19-8-10-20(27)11-9-19)29-24-7-5-4-6-21(22)24/h4-15H,1-3H3,(H,30,31). The van der Waals surface area contributed by atoms with E-state index in [9.17, 15) is 9.18 Å². The largest absolute Gasteiger partial charge is 0.272 e. The van der Waals surface area contributed by atoms with Crippen LogP contribution >= 0.6 is 0 Å². The number of nitrogens with one attached hydrogen (secondary N) is 1. The van der Waals surface area contributed by atoms with Gasteiger partial charge in [0.15, 0.2) is 0 Å². The van der Waals surface area contributed by atoms with Crippen LogP contribution in [0.25, 0.3) is 22.2 Å². The first kappa shape index (κ1) is 20.4. The molecule has 0 saturated carbocycles. The molecule has 0 bridgehead atoms. The Morgan fingerprint density at radius 3 is 2.35 bits per heavy atom. The van der Waals surface area contributed by atoms with Crippen molar-refractivity contribution in [1.82, 2.24) is 10.4 Å². The van der Waals surface area contributed by atoms with Crippen molar-refractivity contribution < 1.29 is 9.18 Å². The summed E-state index contributed by atoms with van der Waals surface area (Å²) in [6, 6.07) is 19.4. The minimum atomic E-state index is -0.333. The summed E-state index contributed by atoms with van der Waals surface area (Å²) in [6.07, 6.45) is 1.67. The average molecular weight is 411 g/mol. The van der Waals surface area contributed by atoms with E-state index in [-0.39, 0.29) is 11.7 Å². The predicted octanol–water partition coefficient (Wildman–Crippen LogP) is 5.73. The van der Waals surface area contributed by atoms with E-state index in [2.05, 4.69) is 34.6 Å². The van der Waals surface area contributed by atoms with Gasteiger partial charge in [-0.05, 0) is 68.3 Å². The fourth-order valence-corrected chi connectivity index (χ4v) is 3.74. The topological polar surface area (TPSA) is 54.4 Å². The van der Waals surface area contributed by atoms with Gasteiger partial charge in [-0.1, -0.05) is 35.9 Å². The van der Waals surface area contributed by atoms with Crippen LogP contribution in [-0.2, 0) is 0 Å². The lowest BCUT2D eigenvalue weighted by molar-refractivity contribution is 0.0956. The third-order valence-corrected chi connectivity index (χ3v) is 5.20. The lowest BCUT2D eigenvalue weighted by Gasteiger charge is -2.09.